The van der Waals surface area contributed by atoms with Crippen molar-refractivity contribution in [2.45, 2.75) is 39.2 Å². The van der Waals surface area contributed by atoms with Crippen LogP contribution in [0.5, 0.6) is 0 Å². The van der Waals surface area contributed by atoms with Gasteiger partial charge < -0.3 is 10.6 Å². The molecule has 1 aromatic carbocycles. The van der Waals surface area contributed by atoms with Crippen LogP contribution < -0.4 is 5.73 Å². The summed E-state index contributed by atoms with van der Waals surface area (Å²) in [6, 6.07) is 6.33. The Morgan fingerprint density at radius 3 is 2.47 bits per heavy atom. The summed E-state index contributed by atoms with van der Waals surface area (Å²) in [5.41, 5.74) is 9.33. The Labute approximate surface area is 121 Å². The quantitative estimate of drug-likeness (QED) is 0.786. The molecule has 1 atom stereocenters. The highest BCUT2D eigenvalue weighted by molar-refractivity contribution is 6.31. The number of nitrogens with two attached hydrogens (primary N) is 1. The second-order valence-electron chi connectivity index (χ2n) is 5.63. The zero-order chi connectivity index (χ0) is 14.0. The fraction of sp³-hybridized carbons (Fsp3) is 0.625. The van der Waals surface area contributed by atoms with Gasteiger partial charge >= 0.3 is 0 Å². The molecule has 1 fully saturated rings. The second kappa shape index (κ2) is 5.82. The largest absolute Gasteiger partial charge is 0.323 e. The van der Waals surface area contributed by atoms with E-state index in [1.165, 1.54) is 24.0 Å². The molecule has 3 rings (SSSR count). The molecule has 2 N–H and O–H groups in total. The van der Waals surface area contributed by atoms with Crippen molar-refractivity contribution in [1.29, 1.82) is 0 Å². The molecule has 0 amide bonds. The first kappa shape index (κ1) is 14.8. The molecular formula is C16H25ClN2. The summed E-state index contributed by atoms with van der Waals surface area (Å²) in [5.74, 6) is 0. The Hall–Kier alpha value is -0.570. The van der Waals surface area contributed by atoms with E-state index in [-0.39, 0.29) is 11.5 Å². The Morgan fingerprint density at radius 1 is 1.26 bits per heavy atom. The molecule has 1 aliphatic heterocycles. The van der Waals surface area contributed by atoms with Crippen molar-refractivity contribution in [3.8, 4) is 0 Å². The van der Waals surface area contributed by atoms with Crippen molar-refractivity contribution in [1.82, 2.24) is 4.90 Å². The van der Waals surface area contributed by atoms with Gasteiger partial charge in [-0.3, -0.25) is 0 Å². The van der Waals surface area contributed by atoms with Crippen molar-refractivity contribution in [3.63, 3.8) is 0 Å². The van der Waals surface area contributed by atoms with E-state index in [0.29, 0.717) is 0 Å². The monoisotopic (exact) mass is 280 g/mol. The molecule has 0 saturated carbocycles. The summed E-state index contributed by atoms with van der Waals surface area (Å²) in [6.07, 6.45) is 3.45. The molecular weight excluding hydrogens is 256 g/mol. The van der Waals surface area contributed by atoms with Crippen LogP contribution in [0.4, 0.5) is 0 Å². The number of rotatable bonds is 0. The van der Waals surface area contributed by atoms with Gasteiger partial charge in [0.2, 0.25) is 0 Å². The first-order valence-electron chi connectivity index (χ1n) is 7.34. The molecule has 1 aliphatic carbocycles. The normalized spacial score (nSPS) is 24.8. The van der Waals surface area contributed by atoms with Gasteiger partial charge in [0.25, 0.3) is 0 Å². The molecule has 0 radical (unpaired) electrons. The number of piperidine rings is 1. The summed E-state index contributed by atoms with van der Waals surface area (Å²) in [5, 5.41) is 0.897. The van der Waals surface area contributed by atoms with Gasteiger partial charge in [-0.15, -0.1) is 0 Å². The zero-order valence-corrected chi connectivity index (χ0v) is 13.0. The van der Waals surface area contributed by atoms with Crippen LogP contribution in [0.25, 0.3) is 0 Å². The Kier molecular flexibility index (Phi) is 4.54. The van der Waals surface area contributed by atoms with Gasteiger partial charge in [0.1, 0.15) is 0 Å². The van der Waals surface area contributed by atoms with Gasteiger partial charge in [-0.1, -0.05) is 37.6 Å². The Bertz CT molecular complexity index is 436. The van der Waals surface area contributed by atoms with Crippen LogP contribution in [0.3, 0.4) is 0 Å². The number of hydrogen-bond acceptors (Lipinski definition) is 2. The number of halogens is 1. The molecule has 0 unspecified atom stereocenters. The first-order chi connectivity index (χ1) is 9.12. The van der Waals surface area contributed by atoms with Crippen molar-refractivity contribution in [2.24, 2.45) is 11.1 Å². The maximum Gasteiger partial charge on any atom is 0.0441 e. The van der Waals surface area contributed by atoms with Crippen molar-refractivity contribution in [3.05, 3.63) is 34.3 Å². The molecule has 0 aromatic heterocycles. The lowest BCUT2D eigenvalue weighted by Gasteiger charge is -2.41. The van der Waals surface area contributed by atoms with E-state index in [2.05, 4.69) is 18.0 Å². The van der Waals surface area contributed by atoms with Crippen LogP contribution in [0, 0.1) is 5.41 Å². The number of nitrogens with zero attached hydrogens (tertiary/aromatic N) is 1. The summed E-state index contributed by atoms with van der Waals surface area (Å²) >= 11 is 6.30. The standard InChI is InChI=1S/C14H19ClN2.C2H6/c1-17-7-5-14(6-8-17)9-11-10(13(14)16)3-2-4-12(11)15;1-2/h2-4,13H,5-9,16H2,1H3;1-2H3/t13-;/m1./s1. The van der Waals surface area contributed by atoms with Gasteiger partial charge in [0, 0.05) is 11.1 Å². The Morgan fingerprint density at radius 2 is 1.89 bits per heavy atom. The third kappa shape index (κ3) is 2.54. The molecule has 1 aromatic rings. The molecule has 1 saturated heterocycles. The first-order valence-corrected chi connectivity index (χ1v) is 7.72. The minimum atomic E-state index is 0.171. The lowest BCUT2D eigenvalue weighted by atomic mass is 9.73. The maximum absolute atomic E-state index is 6.49. The van der Waals surface area contributed by atoms with Crippen molar-refractivity contribution in [2.75, 3.05) is 20.1 Å². The number of benzene rings is 1. The zero-order valence-electron chi connectivity index (χ0n) is 12.2. The molecule has 3 heteroatoms. The third-order valence-electron chi connectivity index (χ3n) is 4.66. The molecule has 19 heavy (non-hydrogen) atoms. The highest BCUT2D eigenvalue weighted by Gasteiger charge is 2.45. The van der Waals surface area contributed by atoms with Gasteiger partial charge in [-0.2, -0.15) is 0 Å². The number of fused-ring (bicyclic) bond motifs is 1. The second-order valence-corrected chi connectivity index (χ2v) is 6.03. The van der Waals surface area contributed by atoms with Gasteiger partial charge in [-0.05, 0) is 62.0 Å². The average Bonchev–Trinajstić information content (AvgIpc) is 2.72. The topological polar surface area (TPSA) is 29.3 Å². The number of hydrogen-bond donors (Lipinski definition) is 1. The van der Waals surface area contributed by atoms with Crippen LogP contribution in [-0.2, 0) is 6.42 Å². The lowest BCUT2D eigenvalue weighted by Crippen LogP contribution is -2.42. The molecule has 2 aliphatic rings. The van der Waals surface area contributed by atoms with E-state index in [4.69, 9.17) is 17.3 Å². The van der Waals surface area contributed by atoms with Crippen molar-refractivity contribution >= 4 is 11.6 Å². The summed E-state index contributed by atoms with van der Waals surface area (Å²) in [4.78, 5) is 2.39. The predicted octanol–water partition coefficient (Wildman–Crippen LogP) is 3.63. The molecule has 2 nitrogen and oxygen atoms in total. The van der Waals surface area contributed by atoms with E-state index in [0.717, 1.165) is 24.5 Å². The minimum absolute atomic E-state index is 0.171. The average molecular weight is 281 g/mol. The SMILES string of the molecule is CC.CN1CCC2(CC1)Cc1c(Cl)cccc1[C@H]2N. The number of likely N-dealkylation sites (tertiary alicyclic amines) is 1. The smallest absolute Gasteiger partial charge is 0.0441 e. The van der Waals surface area contributed by atoms with Crippen LogP contribution in [0.2, 0.25) is 5.02 Å². The van der Waals surface area contributed by atoms with Crippen LogP contribution in [0.1, 0.15) is 43.9 Å². The van der Waals surface area contributed by atoms with Gasteiger partial charge in [0.05, 0.1) is 0 Å². The van der Waals surface area contributed by atoms with Gasteiger partial charge in [-0.25, -0.2) is 0 Å². The third-order valence-corrected chi connectivity index (χ3v) is 5.02. The van der Waals surface area contributed by atoms with E-state index >= 15 is 0 Å². The highest BCUT2D eigenvalue weighted by Crippen LogP contribution is 2.51. The van der Waals surface area contributed by atoms with E-state index in [9.17, 15) is 0 Å². The minimum Gasteiger partial charge on any atom is -0.323 e. The maximum atomic E-state index is 6.49. The lowest BCUT2D eigenvalue weighted by molar-refractivity contribution is 0.106. The Balaban J connectivity index is 0.000000637. The molecule has 0 bridgehead atoms. The summed E-state index contributed by atoms with van der Waals surface area (Å²) in [7, 11) is 2.19. The predicted molar refractivity (Wildman–Crippen MR) is 82.6 cm³/mol. The fourth-order valence-electron chi connectivity index (χ4n) is 3.40. The van der Waals surface area contributed by atoms with E-state index in [1.54, 1.807) is 0 Å². The van der Waals surface area contributed by atoms with Crippen molar-refractivity contribution < 1.29 is 0 Å². The summed E-state index contributed by atoms with van der Waals surface area (Å²) in [6.45, 7) is 6.30. The van der Waals surface area contributed by atoms with Crippen LogP contribution >= 0.6 is 11.6 Å². The van der Waals surface area contributed by atoms with Crippen LogP contribution in [-0.4, -0.2) is 25.0 Å². The highest BCUT2D eigenvalue weighted by atomic mass is 35.5. The molecule has 106 valence electrons. The van der Waals surface area contributed by atoms with E-state index < -0.39 is 0 Å². The van der Waals surface area contributed by atoms with Gasteiger partial charge in [0.15, 0.2) is 0 Å². The molecule has 1 spiro atoms. The molecule has 1 heterocycles. The fourth-order valence-corrected chi connectivity index (χ4v) is 3.65. The summed E-state index contributed by atoms with van der Waals surface area (Å²) < 4.78 is 0. The van der Waals surface area contributed by atoms with Crippen LogP contribution in [0.15, 0.2) is 18.2 Å². The van der Waals surface area contributed by atoms with E-state index in [1.807, 2.05) is 26.0 Å².